The molecule has 0 radical (unpaired) electrons. The standard InChI is InChI=1S/C13H11FN2O/c14-11-4-1-3-9-7-10(8-15-12(9)11)13(17)16-5-2-6-16/h1,3-4,7-8H,2,5-6H2. The third kappa shape index (κ3) is 1.65. The minimum Gasteiger partial charge on any atom is -0.338 e. The van der Waals surface area contributed by atoms with Crippen LogP contribution in [-0.4, -0.2) is 28.9 Å². The molecule has 0 atom stereocenters. The Bertz CT molecular complexity index is 593. The molecule has 1 aromatic heterocycles. The van der Waals surface area contributed by atoms with Crippen molar-refractivity contribution < 1.29 is 9.18 Å². The predicted octanol–water partition coefficient (Wildman–Crippen LogP) is 2.22. The summed E-state index contributed by atoms with van der Waals surface area (Å²) in [4.78, 5) is 17.7. The lowest BCUT2D eigenvalue weighted by atomic mass is 10.1. The highest BCUT2D eigenvalue weighted by Gasteiger charge is 2.22. The molecule has 2 aromatic rings. The average molecular weight is 230 g/mol. The zero-order valence-corrected chi connectivity index (χ0v) is 9.19. The van der Waals surface area contributed by atoms with Crippen LogP contribution in [0.3, 0.4) is 0 Å². The van der Waals surface area contributed by atoms with Crippen LogP contribution in [0, 0.1) is 5.82 Å². The van der Waals surface area contributed by atoms with Gasteiger partial charge in [-0.15, -0.1) is 0 Å². The molecule has 4 heteroatoms. The van der Waals surface area contributed by atoms with Gasteiger partial charge in [0.2, 0.25) is 0 Å². The molecule has 1 fully saturated rings. The van der Waals surface area contributed by atoms with Crippen LogP contribution in [0.5, 0.6) is 0 Å². The lowest BCUT2D eigenvalue weighted by Crippen LogP contribution is -2.42. The molecule has 0 spiro atoms. The fourth-order valence-electron chi connectivity index (χ4n) is 1.94. The van der Waals surface area contributed by atoms with Crippen LogP contribution in [0.15, 0.2) is 30.5 Å². The number of halogens is 1. The fourth-order valence-corrected chi connectivity index (χ4v) is 1.94. The number of benzene rings is 1. The summed E-state index contributed by atoms with van der Waals surface area (Å²) < 4.78 is 13.4. The number of fused-ring (bicyclic) bond motifs is 1. The summed E-state index contributed by atoms with van der Waals surface area (Å²) in [6.07, 6.45) is 2.51. The van der Waals surface area contributed by atoms with E-state index in [1.165, 1.54) is 12.3 Å². The Labute approximate surface area is 97.9 Å². The zero-order chi connectivity index (χ0) is 11.8. The smallest absolute Gasteiger partial charge is 0.255 e. The summed E-state index contributed by atoms with van der Waals surface area (Å²) in [7, 11) is 0. The maximum Gasteiger partial charge on any atom is 0.255 e. The molecule has 0 aliphatic carbocycles. The fraction of sp³-hybridized carbons (Fsp3) is 0.231. The Hall–Kier alpha value is -1.97. The molecule has 86 valence electrons. The number of likely N-dealkylation sites (tertiary alicyclic amines) is 1. The normalized spacial score (nSPS) is 14.8. The monoisotopic (exact) mass is 230 g/mol. The number of amides is 1. The van der Waals surface area contributed by atoms with Gasteiger partial charge in [0.25, 0.3) is 5.91 Å². The molecule has 1 aromatic carbocycles. The van der Waals surface area contributed by atoms with Gasteiger partial charge in [-0.05, 0) is 18.6 Å². The molecule has 0 bridgehead atoms. The highest BCUT2D eigenvalue weighted by molar-refractivity contribution is 5.97. The third-order valence-electron chi connectivity index (χ3n) is 3.05. The summed E-state index contributed by atoms with van der Waals surface area (Å²) in [5.74, 6) is -0.375. The largest absolute Gasteiger partial charge is 0.338 e. The lowest BCUT2D eigenvalue weighted by Gasteiger charge is -2.30. The van der Waals surface area contributed by atoms with Gasteiger partial charge in [0, 0.05) is 24.7 Å². The average Bonchev–Trinajstić information content (AvgIpc) is 2.26. The van der Waals surface area contributed by atoms with Gasteiger partial charge in [-0.3, -0.25) is 9.78 Å². The van der Waals surface area contributed by atoms with Crippen molar-refractivity contribution in [3.8, 4) is 0 Å². The molecule has 2 heterocycles. The number of pyridine rings is 1. The van der Waals surface area contributed by atoms with E-state index in [-0.39, 0.29) is 11.7 Å². The van der Waals surface area contributed by atoms with E-state index in [1.54, 1.807) is 23.1 Å². The van der Waals surface area contributed by atoms with Gasteiger partial charge in [0.05, 0.1) is 5.56 Å². The van der Waals surface area contributed by atoms with Crippen molar-refractivity contribution in [3.63, 3.8) is 0 Å². The maximum atomic E-state index is 13.4. The number of para-hydroxylation sites is 1. The van der Waals surface area contributed by atoms with E-state index in [9.17, 15) is 9.18 Å². The number of hydrogen-bond acceptors (Lipinski definition) is 2. The van der Waals surface area contributed by atoms with Crippen molar-refractivity contribution in [3.05, 3.63) is 41.8 Å². The summed E-state index contributed by atoms with van der Waals surface area (Å²) in [6.45, 7) is 1.61. The predicted molar refractivity (Wildman–Crippen MR) is 62.2 cm³/mol. The first kappa shape index (κ1) is 10.2. The molecule has 3 rings (SSSR count). The molecule has 0 N–H and O–H groups in total. The summed E-state index contributed by atoms with van der Waals surface area (Å²) in [5, 5.41) is 0.663. The molecule has 3 nitrogen and oxygen atoms in total. The Morgan fingerprint density at radius 1 is 1.35 bits per heavy atom. The summed E-state index contributed by atoms with van der Waals surface area (Å²) >= 11 is 0. The van der Waals surface area contributed by atoms with Crippen molar-refractivity contribution in [1.29, 1.82) is 0 Å². The van der Waals surface area contributed by atoms with E-state index in [0.29, 0.717) is 16.5 Å². The number of carbonyl (C=O) groups excluding carboxylic acids is 1. The second-order valence-corrected chi connectivity index (χ2v) is 4.18. The Balaban J connectivity index is 2.04. The van der Waals surface area contributed by atoms with Gasteiger partial charge in [-0.25, -0.2) is 4.39 Å². The second-order valence-electron chi connectivity index (χ2n) is 4.18. The summed E-state index contributed by atoms with van der Waals surface area (Å²) in [5.41, 5.74) is 0.843. The molecular formula is C13H11FN2O. The highest BCUT2D eigenvalue weighted by Crippen LogP contribution is 2.18. The first-order valence-electron chi connectivity index (χ1n) is 5.59. The van der Waals surface area contributed by atoms with Crippen LogP contribution in [0.25, 0.3) is 10.9 Å². The molecule has 1 amide bonds. The minimum absolute atomic E-state index is 0.0186. The maximum absolute atomic E-state index is 13.4. The van der Waals surface area contributed by atoms with Gasteiger partial charge in [-0.1, -0.05) is 12.1 Å². The van der Waals surface area contributed by atoms with E-state index >= 15 is 0 Å². The van der Waals surface area contributed by atoms with Gasteiger partial charge < -0.3 is 4.90 Å². The van der Waals surface area contributed by atoms with E-state index < -0.39 is 0 Å². The first-order valence-corrected chi connectivity index (χ1v) is 5.59. The Kier molecular flexibility index (Phi) is 2.28. The molecule has 1 aliphatic rings. The quantitative estimate of drug-likeness (QED) is 0.752. The number of carbonyl (C=O) groups is 1. The van der Waals surface area contributed by atoms with Crippen LogP contribution in [0.2, 0.25) is 0 Å². The Morgan fingerprint density at radius 3 is 2.88 bits per heavy atom. The Morgan fingerprint density at radius 2 is 2.18 bits per heavy atom. The number of aromatic nitrogens is 1. The van der Waals surface area contributed by atoms with Crippen LogP contribution < -0.4 is 0 Å². The van der Waals surface area contributed by atoms with Crippen molar-refractivity contribution in [2.24, 2.45) is 0 Å². The SMILES string of the molecule is O=C(c1cnc2c(F)cccc2c1)N1CCC1. The van der Waals surface area contributed by atoms with Gasteiger partial charge in [0.1, 0.15) is 11.3 Å². The molecule has 0 unspecified atom stereocenters. The van der Waals surface area contributed by atoms with Crippen LogP contribution in [-0.2, 0) is 0 Å². The van der Waals surface area contributed by atoms with E-state index in [0.717, 1.165) is 19.5 Å². The van der Waals surface area contributed by atoms with Crippen LogP contribution in [0.4, 0.5) is 4.39 Å². The van der Waals surface area contributed by atoms with E-state index in [4.69, 9.17) is 0 Å². The number of nitrogens with zero attached hydrogens (tertiary/aromatic N) is 2. The molecular weight excluding hydrogens is 219 g/mol. The first-order chi connectivity index (χ1) is 8.25. The highest BCUT2D eigenvalue weighted by atomic mass is 19.1. The van der Waals surface area contributed by atoms with Crippen molar-refractivity contribution in [2.75, 3.05) is 13.1 Å². The van der Waals surface area contributed by atoms with Gasteiger partial charge >= 0.3 is 0 Å². The molecule has 0 saturated carbocycles. The third-order valence-corrected chi connectivity index (χ3v) is 3.05. The molecule has 17 heavy (non-hydrogen) atoms. The summed E-state index contributed by atoms with van der Waals surface area (Å²) in [6, 6.07) is 6.45. The molecule has 1 saturated heterocycles. The lowest BCUT2D eigenvalue weighted by molar-refractivity contribution is 0.0651. The topological polar surface area (TPSA) is 33.2 Å². The van der Waals surface area contributed by atoms with Gasteiger partial charge in [-0.2, -0.15) is 0 Å². The van der Waals surface area contributed by atoms with E-state index in [1.807, 2.05) is 0 Å². The zero-order valence-electron chi connectivity index (χ0n) is 9.19. The van der Waals surface area contributed by atoms with Gasteiger partial charge in [0.15, 0.2) is 0 Å². The van der Waals surface area contributed by atoms with Crippen molar-refractivity contribution >= 4 is 16.8 Å². The van der Waals surface area contributed by atoms with Crippen molar-refractivity contribution in [1.82, 2.24) is 9.88 Å². The number of hydrogen-bond donors (Lipinski definition) is 0. The van der Waals surface area contributed by atoms with E-state index in [2.05, 4.69) is 4.98 Å². The molecule has 1 aliphatic heterocycles. The van der Waals surface area contributed by atoms with Crippen molar-refractivity contribution in [2.45, 2.75) is 6.42 Å². The second kappa shape index (κ2) is 3.80. The minimum atomic E-state index is -0.356. The van der Waals surface area contributed by atoms with Crippen LogP contribution >= 0.6 is 0 Å². The number of rotatable bonds is 1. The van der Waals surface area contributed by atoms with Crippen LogP contribution in [0.1, 0.15) is 16.8 Å².